The maximum Gasteiger partial charge on any atom is 0.0454 e. The van der Waals surface area contributed by atoms with E-state index in [0.717, 1.165) is 25.7 Å². The first-order chi connectivity index (χ1) is 7.56. The van der Waals surface area contributed by atoms with E-state index in [0.29, 0.717) is 12.3 Å². The smallest absolute Gasteiger partial charge is 0.0454 e. The molecule has 0 aromatic rings. The molecule has 0 amide bonds. The molecule has 0 aromatic carbocycles. The number of hydrogen-bond donors (Lipinski definition) is 0. The van der Waals surface area contributed by atoms with Gasteiger partial charge in [0.15, 0.2) is 0 Å². The first kappa shape index (κ1) is 10.1. The number of carboxylic acid groups (broad SMARTS) is 2. The summed E-state index contributed by atoms with van der Waals surface area (Å²) in [7, 11) is 0. The van der Waals surface area contributed by atoms with Crippen LogP contribution in [-0.4, -0.2) is 11.9 Å². The normalized spacial score (nSPS) is 43.2. The third kappa shape index (κ3) is 1.10. The van der Waals surface area contributed by atoms with Gasteiger partial charge in [0.2, 0.25) is 0 Å². The van der Waals surface area contributed by atoms with Crippen LogP contribution in [0.25, 0.3) is 0 Å². The molecule has 0 N–H and O–H groups in total. The van der Waals surface area contributed by atoms with Crippen molar-refractivity contribution in [3.8, 4) is 0 Å². The van der Waals surface area contributed by atoms with Gasteiger partial charge < -0.3 is 19.8 Å². The molecule has 4 nitrogen and oxygen atoms in total. The van der Waals surface area contributed by atoms with Crippen molar-refractivity contribution < 1.29 is 19.8 Å². The summed E-state index contributed by atoms with van der Waals surface area (Å²) in [4.78, 5) is 22.2. The van der Waals surface area contributed by atoms with Gasteiger partial charge in [0.25, 0.3) is 0 Å². The minimum Gasteiger partial charge on any atom is -0.550 e. The number of rotatable bonds is 2. The highest BCUT2D eigenvalue weighted by atomic mass is 16.4. The van der Waals surface area contributed by atoms with Crippen molar-refractivity contribution in [1.82, 2.24) is 0 Å². The molecule has 1 spiro atoms. The third-order valence-electron chi connectivity index (χ3n) is 5.19. The van der Waals surface area contributed by atoms with Crippen molar-refractivity contribution in [2.45, 2.75) is 32.1 Å². The predicted molar refractivity (Wildman–Crippen MR) is 49.5 cm³/mol. The van der Waals surface area contributed by atoms with Gasteiger partial charge in [0, 0.05) is 23.8 Å². The molecular weight excluding hydrogens is 208 g/mol. The van der Waals surface area contributed by atoms with Gasteiger partial charge in [-0.15, -0.1) is 0 Å². The van der Waals surface area contributed by atoms with E-state index in [-0.39, 0.29) is 11.3 Å². The Labute approximate surface area is 93.6 Å². The van der Waals surface area contributed by atoms with Crippen molar-refractivity contribution in [2.24, 2.45) is 29.1 Å². The topological polar surface area (TPSA) is 80.3 Å². The average Bonchev–Trinajstić information content (AvgIpc) is 2.90. The summed E-state index contributed by atoms with van der Waals surface area (Å²) < 4.78 is 0. The highest BCUT2D eigenvalue weighted by molar-refractivity contribution is 5.79. The molecule has 4 atom stereocenters. The third-order valence-corrected chi connectivity index (χ3v) is 5.19. The quantitative estimate of drug-likeness (QED) is 0.595. The zero-order chi connectivity index (χ0) is 11.5. The number of hydrogen-bond acceptors (Lipinski definition) is 4. The Kier molecular flexibility index (Phi) is 1.89. The van der Waals surface area contributed by atoms with E-state index in [9.17, 15) is 19.8 Å². The molecular formula is C12H14O4-2. The minimum absolute atomic E-state index is 0.0270. The van der Waals surface area contributed by atoms with E-state index < -0.39 is 23.8 Å². The van der Waals surface area contributed by atoms with Crippen LogP contribution in [0, 0.1) is 29.1 Å². The Morgan fingerprint density at radius 2 is 1.75 bits per heavy atom. The summed E-state index contributed by atoms with van der Waals surface area (Å²) >= 11 is 0. The predicted octanol–water partition coefficient (Wildman–Crippen LogP) is -1.07. The van der Waals surface area contributed by atoms with Gasteiger partial charge in [-0.2, -0.15) is 0 Å². The Hall–Kier alpha value is -1.06. The molecule has 0 aromatic heterocycles. The van der Waals surface area contributed by atoms with Gasteiger partial charge in [-0.05, 0) is 49.4 Å². The van der Waals surface area contributed by atoms with Crippen LogP contribution >= 0.6 is 0 Å². The lowest BCUT2D eigenvalue weighted by Crippen LogP contribution is -2.51. The Morgan fingerprint density at radius 3 is 2.25 bits per heavy atom. The number of aliphatic carboxylic acids is 2. The van der Waals surface area contributed by atoms with E-state index in [1.54, 1.807) is 0 Å². The van der Waals surface area contributed by atoms with Gasteiger partial charge in [-0.25, -0.2) is 0 Å². The fourth-order valence-corrected chi connectivity index (χ4v) is 4.38. The van der Waals surface area contributed by atoms with Gasteiger partial charge in [-0.1, -0.05) is 0 Å². The summed E-state index contributed by atoms with van der Waals surface area (Å²) in [5, 5.41) is 22.2. The average molecular weight is 222 g/mol. The largest absolute Gasteiger partial charge is 0.550 e. The van der Waals surface area contributed by atoms with E-state index in [4.69, 9.17) is 0 Å². The molecule has 3 rings (SSSR count). The lowest BCUT2D eigenvalue weighted by Gasteiger charge is -2.43. The summed E-state index contributed by atoms with van der Waals surface area (Å²) in [5.74, 6) is -3.59. The summed E-state index contributed by atoms with van der Waals surface area (Å²) in [6.45, 7) is 0. The van der Waals surface area contributed by atoms with Gasteiger partial charge in [0.05, 0.1) is 0 Å². The zero-order valence-corrected chi connectivity index (χ0v) is 8.98. The zero-order valence-electron chi connectivity index (χ0n) is 8.98. The SMILES string of the molecule is O=C([O-])[C@@H]1[C@H](C(=O)[O-])C[C@H]2CC[C@@H]1C21CC1. The summed E-state index contributed by atoms with van der Waals surface area (Å²) in [6.07, 6.45) is 4.47. The second-order valence-electron chi connectivity index (χ2n) is 5.62. The van der Waals surface area contributed by atoms with Crippen LogP contribution in [0.15, 0.2) is 0 Å². The number of carbonyl (C=O) groups excluding carboxylic acids is 2. The van der Waals surface area contributed by atoms with E-state index in [2.05, 4.69) is 0 Å². The van der Waals surface area contributed by atoms with Crippen molar-refractivity contribution in [2.75, 3.05) is 0 Å². The van der Waals surface area contributed by atoms with Crippen molar-refractivity contribution >= 4 is 11.9 Å². The fraction of sp³-hybridized carbons (Fsp3) is 0.833. The lowest BCUT2D eigenvalue weighted by atomic mass is 9.64. The molecule has 16 heavy (non-hydrogen) atoms. The molecule has 3 fully saturated rings. The van der Waals surface area contributed by atoms with E-state index in [1.165, 1.54) is 0 Å². The molecule has 3 aliphatic rings. The van der Waals surface area contributed by atoms with Crippen LogP contribution in [0.2, 0.25) is 0 Å². The fourth-order valence-electron chi connectivity index (χ4n) is 4.38. The first-order valence-electron chi connectivity index (χ1n) is 5.98. The Morgan fingerprint density at radius 1 is 1.06 bits per heavy atom. The first-order valence-corrected chi connectivity index (χ1v) is 5.98. The molecule has 0 unspecified atom stereocenters. The van der Waals surface area contributed by atoms with Crippen molar-refractivity contribution in [3.05, 3.63) is 0 Å². The molecule has 3 saturated carbocycles. The maximum atomic E-state index is 11.2. The Balaban J connectivity index is 1.96. The van der Waals surface area contributed by atoms with Crippen LogP contribution in [0.5, 0.6) is 0 Å². The second kappa shape index (κ2) is 2.99. The molecule has 2 bridgehead atoms. The summed E-state index contributed by atoms with van der Waals surface area (Å²) in [6, 6.07) is 0. The lowest BCUT2D eigenvalue weighted by molar-refractivity contribution is -0.331. The number of carbonyl (C=O) groups is 2. The minimum atomic E-state index is -1.21. The standard InChI is InChI=1S/C12H16O4/c13-10(14)7-5-6-1-2-8(9(7)11(15)16)12(6)3-4-12/h6-9H,1-5H2,(H,13,14)(H,15,16)/p-2/t6-,7-,8+,9-/m1/s1. The van der Waals surface area contributed by atoms with Crippen LogP contribution in [-0.2, 0) is 9.59 Å². The number of carboxylic acids is 2. The van der Waals surface area contributed by atoms with Crippen LogP contribution < -0.4 is 10.2 Å². The molecule has 0 heterocycles. The maximum absolute atomic E-state index is 11.2. The molecule has 0 saturated heterocycles. The molecule has 0 radical (unpaired) electrons. The second-order valence-corrected chi connectivity index (χ2v) is 5.62. The molecule has 88 valence electrons. The Bertz CT molecular complexity index is 358. The highest BCUT2D eigenvalue weighted by Gasteiger charge is 2.64. The monoisotopic (exact) mass is 222 g/mol. The van der Waals surface area contributed by atoms with Crippen LogP contribution in [0.4, 0.5) is 0 Å². The van der Waals surface area contributed by atoms with Crippen LogP contribution in [0.3, 0.4) is 0 Å². The van der Waals surface area contributed by atoms with Crippen molar-refractivity contribution in [3.63, 3.8) is 0 Å². The van der Waals surface area contributed by atoms with Crippen LogP contribution in [0.1, 0.15) is 32.1 Å². The van der Waals surface area contributed by atoms with Gasteiger partial charge in [0.1, 0.15) is 0 Å². The van der Waals surface area contributed by atoms with Gasteiger partial charge in [-0.3, -0.25) is 0 Å². The van der Waals surface area contributed by atoms with Gasteiger partial charge >= 0.3 is 0 Å². The summed E-state index contributed by atoms with van der Waals surface area (Å²) in [5.41, 5.74) is 0.163. The molecule has 3 aliphatic carbocycles. The van der Waals surface area contributed by atoms with E-state index in [1.807, 2.05) is 0 Å². The van der Waals surface area contributed by atoms with E-state index >= 15 is 0 Å². The highest BCUT2D eigenvalue weighted by Crippen LogP contribution is 2.71. The van der Waals surface area contributed by atoms with Crippen molar-refractivity contribution in [1.29, 1.82) is 0 Å². The molecule has 4 heteroatoms. The molecule has 0 aliphatic heterocycles.